The van der Waals surface area contributed by atoms with Gasteiger partial charge in [0, 0.05) is 36.3 Å². The maximum Gasteiger partial charge on any atom is 0.265 e. The molecule has 0 unspecified atom stereocenters. The van der Waals surface area contributed by atoms with Crippen LogP contribution >= 0.6 is 0 Å². The number of benzene rings is 4. The lowest BCUT2D eigenvalue weighted by Gasteiger charge is -2.35. The van der Waals surface area contributed by atoms with E-state index >= 15 is 0 Å². The van der Waals surface area contributed by atoms with Gasteiger partial charge < -0.3 is 9.64 Å². The van der Waals surface area contributed by atoms with Crippen molar-refractivity contribution < 1.29 is 4.74 Å². The number of allylic oxidation sites excluding steroid dienone is 3. The van der Waals surface area contributed by atoms with Crippen LogP contribution in [0.1, 0.15) is 52.6 Å². The molecule has 4 aromatic rings. The predicted molar refractivity (Wildman–Crippen MR) is 181 cm³/mol. The maximum absolute atomic E-state index is 9.68. The molecule has 0 radical (unpaired) electrons. The van der Waals surface area contributed by atoms with Gasteiger partial charge in [-0.15, -0.1) is 0 Å². The summed E-state index contributed by atoms with van der Waals surface area (Å²) in [6.07, 6.45) is 12.7. The summed E-state index contributed by atoms with van der Waals surface area (Å²) in [6, 6.07) is 34.7. The Kier molecular flexibility index (Phi) is 7.58. The van der Waals surface area contributed by atoms with E-state index in [-0.39, 0.29) is 5.70 Å². The van der Waals surface area contributed by atoms with E-state index in [9.17, 15) is 5.26 Å². The summed E-state index contributed by atoms with van der Waals surface area (Å²) in [7, 11) is 0. The molecule has 0 bridgehead atoms. The van der Waals surface area contributed by atoms with Crippen molar-refractivity contribution in [2.75, 3.05) is 4.90 Å². The van der Waals surface area contributed by atoms with Crippen molar-refractivity contribution in [3.63, 3.8) is 0 Å². The van der Waals surface area contributed by atoms with Crippen molar-refractivity contribution in [2.24, 2.45) is 0 Å². The van der Waals surface area contributed by atoms with Crippen LogP contribution in [0.2, 0.25) is 0 Å². The monoisotopic (exact) mass is 585 g/mol. The van der Waals surface area contributed by atoms with Gasteiger partial charge in [-0.05, 0) is 108 Å². The van der Waals surface area contributed by atoms with Crippen LogP contribution in [0.25, 0.3) is 10.9 Å². The Balaban J connectivity index is 1.20. The van der Waals surface area contributed by atoms with Gasteiger partial charge in [0.25, 0.3) is 5.70 Å². The molecule has 7 rings (SSSR count). The minimum absolute atomic E-state index is 0.142. The smallest absolute Gasteiger partial charge is 0.265 e. The molecule has 4 heteroatoms. The van der Waals surface area contributed by atoms with Crippen molar-refractivity contribution in [3.8, 4) is 6.07 Å². The van der Waals surface area contributed by atoms with Gasteiger partial charge in [0.05, 0.1) is 12.6 Å². The van der Waals surface area contributed by atoms with Gasteiger partial charge in [0.1, 0.15) is 11.4 Å². The van der Waals surface area contributed by atoms with Crippen LogP contribution in [0.3, 0.4) is 0 Å². The fourth-order valence-corrected chi connectivity index (χ4v) is 7.15. The second-order valence-electron chi connectivity index (χ2n) is 12.4. The lowest BCUT2D eigenvalue weighted by atomic mass is 9.87. The average molecular weight is 586 g/mol. The topological polar surface area (TPSA) is 40.6 Å². The van der Waals surface area contributed by atoms with Gasteiger partial charge in [-0.1, -0.05) is 72.3 Å². The molecule has 0 saturated carbocycles. The third-order valence-electron chi connectivity index (χ3n) is 9.32. The molecule has 0 amide bonds. The second kappa shape index (κ2) is 12.0. The SMILES string of the molecule is [C-]#[N+]C(C#N)=C1C=C(C=Cc2ccc(N(c3ccc(C)cc3)c3cccc4c3CCCC4)cc2)OC2(C1)Cc1ccccc1C2. The molecular formula is C41H35N3O. The van der Waals surface area contributed by atoms with Gasteiger partial charge in [0.2, 0.25) is 0 Å². The first-order valence-corrected chi connectivity index (χ1v) is 15.8. The molecule has 4 nitrogen and oxygen atoms in total. The third-order valence-corrected chi connectivity index (χ3v) is 9.32. The van der Waals surface area contributed by atoms with Crippen LogP contribution in [0.15, 0.2) is 120 Å². The first kappa shape index (κ1) is 28.5. The Labute approximate surface area is 266 Å². The summed E-state index contributed by atoms with van der Waals surface area (Å²) in [4.78, 5) is 5.92. The molecule has 45 heavy (non-hydrogen) atoms. The number of hydrogen-bond acceptors (Lipinski definition) is 3. The zero-order valence-electron chi connectivity index (χ0n) is 25.6. The first-order chi connectivity index (χ1) is 22.0. The van der Waals surface area contributed by atoms with E-state index in [2.05, 4.69) is 120 Å². The van der Waals surface area contributed by atoms with Crippen LogP contribution in [0.5, 0.6) is 0 Å². The minimum atomic E-state index is -0.479. The van der Waals surface area contributed by atoms with Crippen LogP contribution in [0, 0.1) is 24.8 Å². The summed E-state index contributed by atoms with van der Waals surface area (Å²) in [5, 5.41) is 9.68. The highest BCUT2D eigenvalue weighted by molar-refractivity contribution is 5.80. The quantitative estimate of drug-likeness (QED) is 0.173. The van der Waals surface area contributed by atoms with E-state index < -0.39 is 5.60 Å². The molecule has 0 atom stereocenters. The average Bonchev–Trinajstić information content (AvgIpc) is 3.42. The summed E-state index contributed by atoms with van der Waals surface area (Å²) in [5.41, 5.74) is 11.7. The summed E-state index contributed by atoms with van der Waals surface area (Å²) in [6.45, 7) is 9.71. The molecule has 0 fully saturated rings. The molecule has 1 aliphatic heterocycles. The zero-order chi connectivity index (χ0) is 30.8. The standard InChI is InChI=1S/C41H35N3O/c1-29-14-19-35(20-15-29)44(40-13-7-11-31-8-5-6-12-38(31)40)36-21-16-30(17-22-36)18-23-37-24-34(39(28-42)43-2)27-41(45-37)25-32-9-3-4-10-33(32)26-41/h3-4,7,9-11,13-24H,5-6,8,12,25-27H2,1H3. The van der Waals surface area contributed by atoms with Crippen LogP contribution in [-0.2, 0) is 30.4 Å². The number of aryl methyl sites for hydroxylation is 2. The number of nitriles is 1. The number of ether oxygens (including phenoxy) is 1. The Morgan fingerprint density at radius 3 is 2.18 bits per heavy atom. The first-order valence-electron chi connectivity index (χ1n) is 15.8. The van der Waals surface area contributed by atoms with Gasteiger partial charge in [0.15, 0.2) is 0 Å². The Hall–Kier alpha value is -5.32. The number of fused-ring (bicyclic) bond motifs is 2. The van der Waals surface area contributed by atoms with E-state index in [1.54, 1.807) is 0 Å². The van der Waals surface area contributed by atoms with Gasteiger partial charge in [-0.3, -0.25) is 0 Å². The van der Waals surface area contributed by atoms with Crippen molar-refractivity contribution >= 4 is 23.1 Å². The van der Waals surface area contributed by atoms with Gasteiger partial charge in [-0.2, -0.15) is 0 Å². The number of nitrogens with zero attached hydrogens (tertiary/aromatic N) is 3. The van der Waals surface area contributed by atoms with E-state index in [4.69, 9.17) is 11.3 Å². The molecule has 0 saturated heterocycles. The van der Waals surface area contributed by atoms with E-state index in [0.29, 0.717) is 12.2 Å². The third kappa shape index (κ3) is 5.68. The molecule has 1 heterocycles. The molecule has 0 N–H and O–H groups in total. The fraction of sp³-hybridized carbons (Fsp3) is 0.220. The van der Waals surface area contributed by atoms with Gasteiger partial charge >= 0.3 is 0 Å². The number of hydrogen-bond donors (Lipinski definition) is 0. The second-order valence-corrected chi connectivity index (χ2v) is 12.4. The summed E-state index contributed by atoms with van der Waals surface area (Å²) >= 11 is 0. The molecular weight excluding hydrogens is 550 g/mol. The lowest BCUT2D eigenvalue weighted by molar-refractivity contribution is 0.0108. The minimum Gasteiger partial charge on any atom is -0.486 e. The van der Waals surface area contributed by atoms with E-state index in [1.807, 2.05) is 12.2 Å². The highest BCUT2D eigenvalue weighted by Gasteiger charge is 2.42. The maximum atomic E-state index is 9.68. The molecule has 1 spiro atoms. The summed E-state index contributed by atoms with van der Waals surface area (Å²) < 4.78 is 6.67. The summed E-state index contributed by atoms with van der Waals surface area (Å²) in [5.74, 6) is 0.682. The Morgan fingerprint density at radius 1 is 0.822 bits per heavy atom. The zero-order valence-corrected chi connectivity index (χ0v) is 25.6. The van der Waals surface area contributed by atoms with Gasteiger partial charge in [-0.25, -0.2) is 10.1 Å². The normalized spacial score (nSPS) is 17.4. The Bertz CT molecular complexity index is 1890. The molecule has 4 aromatic carbocycles. The van der Waals surface area contributed by atoms with E-state index in [1.165, 1.54) is 46.3 Å². The van der Waals surface area contributed by atoms with Crippen molar-refractivity contribution in [2.45, 2.75) is 57.5 Å². The molecule has 0 aromatic heterocycles. The van der Waals surface area contributed by atoms with Crippen LogP contribution in [-0.4, -0.2) is 5.60 Å². The highest BCUT2D eigenvalue weighted by Crippen LogP contribution is 2.44. The lowest BCUT2D eigenvalue weighted by Crippen LogP contribution is -2.36. The molecule has 3 aliphatic rings. The number of anilines is 3. The number of rotatable bonds is 5. The largest absolute Gasteiger partial charge is 0.486 e. The molecule has 220 valence electrons. The van der Waals surface area contributed by atoms with Crippen LogP contribution < -0.4 is 4.90 Å². The predicted octanol–water partition coefficient (Wildman–Crippen LogP) is 9.90. The van der Waals surface area contributed by atoms with Crippen molar-refractivity contribution in [1.29, 1.82) is 5.26 Å². The fourth-order valence-electron chi connectivity index (χ4n) is 7.15. The highest BCUT2D eigenvalue weighted by atomic mass is 16.5. The Morgan fingerprint density at radius 2 is 1.49 bits per heavy atom. The van der Waals surface area contributed by atoms with Crippen molar-refractivity contribution in [3.05, 3.63) is 165 Å². The van der Waals surface area contributed by atoms with Crippen LogP contribution in [0.4, 0.5) is 17.1 Å². The van der Waals surface area contributed by atoms with E-state index in [0.717, 1.165) is 48.2 Å². The van der Waals surface area contributed by atoms with Crippen molar-refractivity contribution in [1.82, 2.24) is 0 Å². The molecule has 2 aliphatic carbocycles.